The maximum Gasteiger partial charge on any atom is 0.219 e. The van der Waals surface area contributed by atoms with Gasteiger partial charge >= 0.3 is 0 Å². The van der Waals surface area contributed by atoms with E-state index in [2.05, 4.69) is 10.0 Å². The van der Waals surface area contributed by atoms with E-state index in [1.807, 2.05) is 18.7 Å². The molecule has 6 nitrogen and oxygen atoms in total. The van der Waals surface area contributed by atoms with Gasteiger partial charge in [-0.25, -0.2) is 13.1 Å². The molecule has 19 heavy (non-hydrogen) atoms. The topological polar surface area (TPSA) is 78.5 Å². The van der Waals surface area contributed by atoms with Crippen LogP contribution in [0.3, 0.4) is 0 Å². The molecule has 0 aliphatic carbocycles. The summed E-state index contributed by atoms with van der Waals surface area (Å²) in [6.45, 7) is 7.41. The first kappa shape index (κ1) is 16.4. The van der Waals surface area contributed by atoms with E-state index in [1.54, 1.807) is 6.92 Å². The summed E-state index contributed by atoms with van der Waals surface area (Å²) in [5, 5.41) is 3.38. The second-order valence-corrected chi connectivity index (χ2v) is 7.67. The minimum absolute atomic E-state index is 0.123. The summed E-state index contributed by atoms with van der Waals surface area (Å²) in [7, 11) is -3.20. The average Bonchev–Trinajstić information content (AvgIpc) is 2.24. The molecular formula is C12H25N3O3S. The Morgan fingerprint density at radius 2 is 1.84 bits per heavy atom. The Morgan fingerprint density at radius 3 is 2.26 bits per heavy atom. The third-order valence-electron chi connectivity index (χ3n) is 3.23. The summed E-state index contributed by atoms with van der Waals surface area (Å²) < 4.78 is 25.1. The summed E-state index contributed by atoms with van der Waals surface area (Å²) in [4.78, 5) is 13.1. The van der Waals surface area contributed by atoms with Gasteiger partial charge < -0.3 is 10.2 Å². The van der Waals surface area contributed by atoms with Gasteiger partial charge in [-0.2, -0.15) is 0 Å². The standard InChI is InChI=1S/C12H25N3O3S/c1-10(16)15-7-5-11(6-8-15)13-9-12(2,3)14-19(4,17)18/h11,13-14H,5-9H2,1-4H3. The van der Waals surface area contributed by atoms with Crippen molar-refractivity contribution in [3.8, 4) is 0 Å². The number of hydrogen-bond donors (Lipinski definition) is 2. The Labute approximate surface area is 116 Å². The maximum atomic E-state index is 11.2. The second kappa shape index (κ2) is 6.19. The molecule has 1 aliphatic rings. The molecule has 2 N–H and O–H groups in total. The van der Waals surface area contributed by atoms with Gasteiger partial charge in [0.15, 0.2) is 0 Å². The van der Waals surface area contributed by atoms with Crippen LogP contribution < -0.4 is 10.0 Å². The Hall–Kier alpha value is -0.660. The number of amides is 1. The first-order chi connectivity index (χ1) is 8.59. The van der Waals surface area contributed by atoms with Crippen LogP contribution in [0.5, 0.6) is 0 Å². The fourth-order valence-corrected chi connectivity index (χ4v) is 3.41. The molecule has 1 heterocycles. The van der Waals surface area contributed by atoms with Crippen LogP contribution in [0.4, 0.5) is 0 Å². The summed E-state index contributed by atoms with van der Waals surface area (Å²) in [5.74, 6) is 0.123. The van der Waals surface area contributed by atoms with E-state index >= 15 is 0 Å². The zero-order valence-corrected chi connectivity index (χ0v) is 13.0. The Morgan fingerprint density at radius 1 is 1.32 bits per heavy atom. The van der Waals surface area contributed by atoms with Crippen molar-refractivity contribution in [3.05, 3.63) is 0 Å². The monoisotopic (exact) mass is 291 g/mol. The maximum absolute atomic E-state index is 11.2. The lowest BCUT2D eigenvalue weighted by Gasteiger charge is -2.34. The summed E-state index contributed by atoms with van der Waals surface area (Å²) in [6, 6.07) is 0.344. The molecule has 0 bridgehead atoms. The zero-order valence-electron chi connectivity index (χ0n) is 12.2. The van der Waals surface area contributed by atoms with Crippen LogP contribution in [0.2, 0.25) is 0 Å². The largest absolute Gasteiger partial charge is 0.343 e. The molecule has 0 aromatic heterocycles. The average molecular weight is 291 g/mol. The molecule has 1 fully saturated rings. The Balaban J connectivity index is 2.36. The minimum Gasteiger partial charge on any atom is -0.343 e. The van der Waals surface area contributed by atoms with Crippen molar-refractivity contribution in [1.82, 2.24) is 14.9 Å². The Kier molecular flexibility index (Phi) is 5.34. The molecule has 0 radical (unpaired) electrons. The molecule has 7 heteroatoms. The van der Waals surface area contributed by atoms with Crippen LogP contribution in [0.15, 0.2) is 0 Å². The predicted molar refractivity (Wildman–Crippen MR) is 75.3 cm³/mol. The summed E-state index contributed by atoms with van der Waals surface area (Å²) in [6.07, 6.45) is 2.99. The van der Waals surface area contributed by atoms with Crippen LogP contribution in [0.25, 0.3) is 0 Å². The molecular weight excluding hydrogens is 266 g/mol. The third-order valence-corrected chi connectivity index (χ3v) is 4.16. The molecule has 0 unspecified atom stereocenters. The van der Waals surface area contributed by atoms with Crippen molar-refractivity contribution < 1.29 is 13.2 Å². The van der Waals surface area contributed by atoms with Crippen LogP contribution in [0.1, 0.15) is 33.6 Å². The molecule has 1 aliphatic heterocycles. The molecule has 0 atom stereocenters. The van der Waals surface area contributed by atoms with Gasteiger partial charge in [-0.15, -0.1) is 0 Å². The van der Waals surface area contributed by atoms with Crippen molar-refractivity contribution in [2.24, 2.45) is 0 Å². The molecule has 0 aromatic carbocycles. The number of likely N-dealkylation sites (tertiary alicyclic amines) is 1. The molecule has 0 aromatic rings. The van der Waals surface area contributed by atoms with Gasteiger partial charge in [-0.05, 0) is 26.7 Å². The summed E-state index contributed by atoms with van der Waals surface area (Å²) in [5.41, 5.74) is -0.509. The fourth-order valence-electron chi connectivity index (χ4n) is 2.34. The number of carbonyl (C=O) groups is 1. The fraction of sp³-hybridized carbons (Fsp3) is 0.917. The van der Waals surface area contributed by atoms with Crippen LogP contribution in [0, 0.1) is 0 Å². The van der Waals surface area contributed by atoms with Gasteiger partial charge in [-0.1, -0.05) is 0 Å². The molecule has 1 amide bonds. The first-order valence-corrected chi connectivity index (χ1v) is 8.46. The van der Waals surface area contributed by atoms with E-state index in [1.165, 1.54) is 6.26 Å². The van der Waals surface area contributed by atoms with E-state index in [9.17, 15) is 13.2 Å². The summed E-state index contributed by atoms with van der Waals surface area (Å²) >= 11 is 0. The van der Waals surface area contributed by atoms with Crippen molar-refractivity contribution in [2.75, 3.05) is 25.9 Å². The van der Waals surface area contributed by atoms with Crippen molar-refractivity contribution in [1.29, 1.82) is 0 Å². The highest BCUT2D eigenvalue weighted by Gasteiger charge is 2.25. The second-order valence-electron chi connectivity index (χ2n) is 5.92. The van der Waals surface area contributed by atoms with Crippen LogP contribution in [-0.4, -0.2) is 56.7 Å². The Bertz CT molecular complexity index is 412. The number of sulfonamides is 1. The number of nitrogens with zero attached hydrogens (tertiary/aromatic N) is 1. The number of carbonyl (C=O) groups excluding carboxylic acids is 1. The highest BCUT2D eigenvalue weighted by molar-refractivity contribution is 7.88. The lowest BCUT2D eigenvalue weighted by Crippen LogP contribution is -2.53. The van der Waals surface area contributed by atoms with Gasteiger partial charge in [0.2, 0.25) is 15.9 Å². The van der Waals surface area contributed by atoms with E-state index in [0.29, 0.717) is 12.6 Å². The van der Waals surface area contributed by atoms with Crippen molar-refractivity contribution in [3.63, 3.8) is 0 Å². The van der Waals surface area contributed by atoms with Crippen molar-refractivity contribution in [2.45, 2.75) is 45.2 Å². The molecule has 0 spiro atoms. The van der Waals surface area contributed by atoms with Gasteiger partial charge in [0, 0.05) is 38.1 Å². The first-order valence-electron chi connectivity index (χ1n) is 6.57. The normalized spacial score (nSPS) is 18.6. The van der Waals surface area contributed by atoms with Gasteiger partial charge in [0.1, 0.15) is 0 Å². The SMILES string of the molecule is CC(=O)N1CCC(NCC(C)(C)NS(C)(=O)=O)CC1. The highest BCUT2D eigenvalue weighted by Crippen LogP contribution is 2.11. The van der Waals surface area contributed by atoms with Crippen LogP contribution >= 0.6 is 0 Å². The number of piperidine rings is 1. The van der Waals surface area contributed by atoms with E-state index in [-0.39, 0.29) is 5.91 Å². The smallest absolute Gasteiger partial charge is 0.219 e. The number of hydrogen-bond acceptors (Lipinski definition) is 4. The lowest BCUT2D eigenvalue weighted by molar-refractivity contribution is -0.129. The zero-order chi connectivity index (χ0) is 14.7. The van der Waals surface area contributed by atoms with Gasteiger partial charge in [0.05, 0.1) is 6.26 Å². The third kappa shape index (κ3) is 6.35. The number of rotatable bonds is 5. The number of nitrogens with one attached hydrogen (secondary N) is 2. The van der Waals surface area contributed by atoms with Crippen molar-refractivity contribution >= 4 is 15.9 Å². The minimum atomic E-state index is -3.20. The van der Waals surface area contributed by atoms with E-state index < -0.39 is 15.6 Å². The van der Waals surface area contributed by atoms with Crippen LogP contribution in [-0.2, 0) is 14.8 Å². The predicted octanol–water partition coefficient (Wildman–Crippen LogP) is -0.0853. The molecule has 1 rings (SSSR count). The van der Waals surface area contributed by atoms with E-state index in [0.717, 1.165) is 25.9 Å². The molecule has 1 saturated heterocycles. The van der Waals surface area contributed by atoms with E-state index in [4.69, 9.17) is 0 Å². The quantitative estimate of drug-likeness (QED) is 0.742. The van der Waals surface area contributed by atoms with Gasteiger partial charge in [-0.3, -0.25) is 4.79 Å². The molecule has 0 saturated carbocycles. The van der Waals surface area contributed by atoms with Gasteiger partial charge in [0.25, 0.3) is 0 Å². The lowest BCUT2D eigenvalue weighted by atomic mass is 10.0. The molecule has 112 valence electrons. The highest BCUT2D eigenvalue weighted by atomic mass is 32.2.